The lowest BCUT2D eigenvalue weighted by Crippen LogP contribution is -2.46. The maximum atomic E-state index is 11.3. The largest absolute Gasteiger partial charge is 0.465 e. The molecule has 0 spiro atoms. The summed E-state index contributed by atoms with van der Waals surface area (Å²) in [5.74, 6) is 0. The minimum atomic E-state index is -0.778. The number of carboxylic acid groups (broad SMARTS) is 1. The predicted molar refractivity (Wildman–Crippen MR) is 75.4 cm³/mol. The van der Waals surface area contributed by atoms with Gasteiger partial charge in [-0.2, -0.15) is 0 Å². The van der Waals surface area contributed by atoms with Crippen molar-refractivity contribution >= 4 is 6.09 Å². The molecule has 104 valence electrons. The molecule has 2 N–H and O–H groups in total. The quantitative estimate of drug-likeness (QED) is 0.856. The van der Waals surface area contributed by atoms with Gasteiger partial charge in [-0.3, -0.25) is 0 Å². The van der Waals surface area contributed by atoms with Crippen molar-refractivity contribution in [3.63, 3.8) is 0 Å². The van der Waals surface area contributed by atoms with E-state index in [9.17, 15) is 9.90 Å². The molecular formula is C15H22N2O2. The molecule has 0 unspecified atom stereocenters. The average Bonchev–Trinajstić information content (AvgIpc) is 2.45. The second-order valence-corrected chi connectivity index (χ2v) is 5.05. The van der Waals surface area contributed by atoms with Crippen LogP contribution in [0, 0.1) is 0 Å². The summed E-state index contributed by atoms with van der Waals surface area (Å²) < 4.78 is 0. The number of benzene rings is 1. The zero-order valence-electron chi connectivity index (χ0n) is 11.2. The summed E-state index contributed by atoms with van der Waals surface area (Å²) >= 11 is 0. The Morgan fingerprint density at radius 3 is 2.58 bits per heavy atom. The van der Waals surface area contributed by atoms with Crippen LogP contribution in [0.15, 0.2) is 30.3 Å². The summed E-state index contributed by atoms with van der Waals surface area (Å²) in [7, 11) is 0. The third-order valence-electron chi connectivity index (χ3n) is 3.70. The number of nitrogens with zero attached hydrogens (tertiary/aromatic N) is 1. The van der Waals surface area contributed by atoms with Crippen LogP contribution in [0.2, 0.25) is 0 Å². The van der Waals surface area contributed by atoms with Crippen LogP contribution < -0.4 is 5.32 Å². The molecule has 0 bridgehead atoms. The molecule has 0 saturated carbocycles. The van der Waals surface area contributed by atoms with Gasteiger partial charge in [-0.1, -0.05) is 30.3 Å². The van der Waals surface area contributed by atoms with Gasteiger partial charge in [0.15, 0.2) is 0 Å². The van der Waals surface area contributed by atoms with Crippen molar-refractivity contribution in [3.8, 4) is 0 Å². The van der Waals surface area contributed by atoms with Crippen LogP contribution in [0.5, 0.6) is 0 Å². The zero-order chi connectivity index (χ0) is 13.5. The van der Waals surface area contributed by atoms with Gasteiger partial charge in [-0.15, -0.1) is 0 Å². The average molecular weight is 262 g/mol. The fourth-order valence-electron chi connectivity index (χ4n) is 2.65. The number of nitrogens with one attached hydrogen (secondary N) is 1. The summed E-state index contributed by atoms with van der Waals surface area (Å²) in [5.41, 5.74) is 1.28. The van der Waals surface area contributed by atoms with Crippen LogP contribution >= 0.6 is 0 Å². The first kappa shape index (κ1) is 13.9. The molecule has 0 aliphatic carbocycles. The SMILES string of the molecule is O=C(O)N(CCCc1ccccc1)C1CCNCC1. The molecular weight excluding hydrogens is 240 g/mol. The van der Waals surface area contributed by atoms with Gasteiger partial charge in [0, 0.05) is 12.6 Å². The number of aryl methyl sites for hydroxylation is 1. The number of carbonyl (C=O) groups is 1. The van der Waals surface area contributed by atoms with E-state index < -0.39 is 6.09 Å². The fraction of sp³-hybridized carbons (Fsp3) is 0.533. The van der Waals surface area contributed by atoms with Gasteiger partial charge < -0.3 is 15.3 Å². The summed E-state index contributed by atoms with van der Waals surface area (Å²) in [6.45, 7) is 2.48. The summed E-state index contributed by atoms with van der Waals surface area (Å²) in [5, 5.41) is 12.6. The number of rotatable bonds is 5. The lowest BCUT2D eigenvalue weighted by Gasteiger charge is -2.32. The lowest BCUT2D eigenvalue weighted by atomic mass is 10.0. The number of hydrogen-bond acceptors (Lipinski definition) is 2. The predicted octanol–water partition coefficient (Wildman–Crippen LogP) is 2.35. The van der Waals surface area contributed by atoms with Gasteiger partial charge in [-0.05, 0) is 44.3 Å². The van der Waals surface area contributed by atoms with Crippen molar-refractivity contribution < 1.29 is 9.90 Å². The van der Waals surface area contributed by atoms with E-state index in [2.05, 4.69) is 17.4 Å². The Kier molecular flexibility index (Phi) is 5.21. The Bertz CT molecular complexity index is 388. The third kappa shape index (κ3) is 4.24. The van der Waals surface area contributed by atoms with Crippen molar-refractivity contribution in [1.82, 2.24) is 10.2 Å². The third-order valence-corrected chi connectivity index (χ3v) is 3.70. The second-order valence-electron chi connectivity index (χ2n) is 5.05. The minimum Gasteiger partial charge on any atom is -0.465 e. The number of amides is 1. The van der Waals surface area contributed by atoms with E-state index in [1.807, 2.05) is 18.2 Å². The molecule has 0 radical (unpaired) electrons. The highest BCUT2D eigenvalue weighted by Gasteiger charge is 2.24. The van der Waals surface area contributed by atoms with Crippen LogP contribution in [0.25, 0.3) is 0 Å². The van der Waals surface area contributed by atoms with Crippen LogP contribution in [0.1, 0.15) is 24.8 Å². The molecule has 1 aliphatic rings. The van der Waals surface area contributed by atoms with Crippen molar-refractivity contribution in [2.75, 3.05) is 19.6 Å². The summed E-state index contributed by atoms with van der Waals surface area (Å²) in [4.78, 5) is 13.0. The van der Waals surface area contributed by atoms with E-state index in [4.69, 9.17) is 0 Å². The minimum absolute atomic E-state index is 0.189. The van der Waals surface area contributed by atoms with E-state index in [0.717, 1.165) is 38.8 Å². The molecule has 1 heterocycles. The molecule has 1 amide bonds. The van der Waals surface area contributed by atoms with Crippen molar-refractivity contribution in [2.45, 2.75) is 31.7 Å². The Morgan fingerprint density at radius 1 is 1.26 bits per heavy atom. The van der Waals surface area contributed by atoms with Crippen LogP contribution in [0.3, 0.4) is 0 Å². The molecule has 1 saturated heterocycles. The van der Waals surface area contributed by atoms with Crippen molar-refractivity contribution in [2.24, 2.45) is 0 Å². The first-order valence-electron chi connectivity index (χ1n) is 7.01. The molecule has 1 aromatic rings. The van der Waals surface area contributed by atoms with E-state index in [1.54, 1.807) is 4.90 Å². The maximum Gasteiger partial charge on any atom is 0.407 e. The lowest BCUT2D eigenvalue weighted by molar-refractivity contribution is 0.113. The van der Waals surface area contributed by atoms with Gasteiger partial charge in [0.2, 0.25) is 0 Å². The van der Waals surface area contributed by atoms with Gasteiger partial charge in [-0.25, -0.2) is 4.79 Å². The van der Waals surface area contributed by atoms with Crippen molar-refractivity contribution in [3.05, 3.63) is 35.9 Å². The summed E-state index contributed by atoms with van der Waals surface area (Å²) in [6, 6.07) is 10.4. The van der Waals surface area contributed by atoms with E-state index in [1.165, 1.54) is 5.56 Å². The zero-order valence-corrected chi connectivity index (χ0v) is 11.2. The highest BCUT2D eigenvalue weighted by atomic mass is 16.4. The number of hydrogen-bond donors (Lipinski definition) is 2. The smallest absolute Gasteiger partial charge is 0.407 e. The van der Waals surface area contributed by atoms with Gasteiger partial charge in [0.25, 0.3) is 0 Å². The molecule has 4 heteroatoms. The highest BCUT2D eigenvalue weighted by molar-refractivity contribution is 5.65. The molecule has 2 rings (SSSR count). The van der Waals surface area contributed by atoms with Crippen LogP contribution in [-0.4, -0.2) is 41.8 Å². The Hall–Kier alpha value is -1.55. The Balaban J connectivity index is 1.82. The highest BCUT2D eigenvalue weighted by Crippen LogP contribution is 2.13. The standard InChI is InChI=1S/C15H22N2O2/c18-15(19)17(14-8-10-16-11-9-14)12-4-7-13-5-2-1-3-6-13/h1-3,5-6,14,16H,4,7-12H2,(H,18,19). The van der Waals surface area contributed by atoms with Crippen LogP contribution in [0.4, 0.5) is 4.79 Å². The maximum absolute atomic E-state index is 11.3. The van der Waals surface area contributed by atoms with E-state index in [-0.39, 0.29) is 6.04 Å². The van der Waals surface area contributed by atoms with Gasteiger partial charge >= 0.3 is 6.09 Å². The topological polar surface area (TPSA) is 52.6 Å². The van der Waals surface area contributed by atoms with Crippen molar-refractivity contribution in [1.29, 1.82) is 0 Å². The molecule has 1 aromatic carbocycles. The van der Waals surface area contributed by atoms with Crippen LogP contribution in [-0.2, 0) is 6.42 Å². The first-order chi connectivity index (χ1) is 9.27. The monoisotopic (exact) mass is 262 g/mol. The molecule has 1 aliphatic heterocycles. The molecule has 0 aromatic heterocycles. The fourth-order valence-corrected chi connectivity index (χ4v) is 2.65. The second kappa shape index (κ2) is 7.14. The number of piperidine rings is 1. The first-order valence-corrected chi connectivity index (χ1v) is 7.01. The van der Waals surface area contributed by atoms with E-state index in [0.29, 0.717) is 6.54 Å². The van der Waals surface area contributed by atoms with Gasteiger partial charge in [0.05, 0.1) is 0 Å². The molecule has 19 heavy (non-hydrogen) atoms. The summed E-state index contributed by atoms with van der Waals surface area (Å²) in [6.07, 6.45) is 2.91. The normalized spacial score (nSPS) is 16.2. The molecule has 0 atom stereocenters. The van der Waals surface area contributed by atoms with E-state index >= 15 is 0 Å². The molecule has 1 fully saturated rings. The Labute approximate surface area is 114 Å². The molecule has 4 nitrogen and oxygen atoms in total. The van der Waals surface area contributed by atoms with Gasteiger partial charge in [0.1, 0.15) is 0 Å². The Morgan fingerprint density at radius 2 is 1.95 bits per heavy atom.